The van der Waals surface area contributed by atoms with Crippen LogP contribution in [0.1, 0.15) is 23.0 Å². The van der Waals surface area contributed by atoms with Gasteiger partial charge in [0.1, 0.15) is 16.5 Å². The van der Waals surface area contributed by atoms with Crippen molar-refractivity contribution in [3.8, 4) is 11.5 Å². The summed E-state index contributed by atoms with van der Waals surface area (Å²) >= 11 is 1.25. The van der Waals surface area contributed by atoms with Crippen LogP contribution in [0.3, 0.4) is 0 Å². The molecular formula is C14H16N2O3S. The van der Waals surface area contributed by atoms with E-state index in [2.05, 4.69) is 9.69 Å². The summed E-state index contributed by atoms with van der Waals surface area (Å²) in [6, 6.07) is 5.44. The fourth-order valence-corrected chi connectivity index (χ4v) is 2.76. The van der Waals surface area contributed by atoms with Gasteiger partial charge in [-0.1, -0.05) is 0 Å². The van der Waals surface area contributed by atoms with Gasteiger partial charge in [-0.2, -0.15) is 4.37 Å². The summed E-state index contributed by atoms with van der Waals surface area (Å²) in [6.45, 7) is 3.35. The van der Waals surface area contributed by atoms with Crippen molar-refractivity contribution < 1.29 is 14.3 Å². The van der Waals surface area contributed by atoms with E-state index in [-0.39, 0.29) is 5.78 Å². The van der Waals surface area contributed by atoms with Crippen molar-refractivity contribution in [2.75, 3.05) is 19.5 Å². The van der Waals surface area contributed by atoms with Crippen molar-refractivity contribution in [3.05, 3.63) is 29.5 Å². The van der Waals surface area contributed by atoms with Gasteiger partial charge in [0.2, 0.25) is 0 Å². The van der Waals surface area contributed by atoms with Crippen LogP contribution in [-0.4, -0.2) is 24.4 Å². The number of nitrogens with one attached hydrogen (secondary N) is 1. The van der Waals surface area contributed by atoms with Crippen molar-refractivity contribution in [1.82, 2.24) is 4.37 Å². The van der Waals surface area contributed by atoms with Gasteiger partial charge in [-0.05, 0) is 37.5 Å². The maximum atomic E-state index is 11.7. The molecule has 2 aromatic rings. The average molecular weight is 292 g/mol. The van der Waals surface area contributed by atoms with E-state index in [1.165, 1.54) is 18.5 Å². The molecule has 106 valence electrons. The highest BCUT2D eigenvalue weighted by molar-refractivity contribution is 7.10. The normalized spacial score (nSPS) is 10.2. The van der Waals surface area contributed by atoms with Crippen LogP contribution in [0.2, 0.25) is 0 Å². The Morgan fingerprint density at radius 1 is 1.30 bits per heavy atom. The van der Waals surface area contributed by atoms with Crippen LogP contribution < -0.4 is 14.8 Å². The second-order valence-electron chi connectivity index (χ2n) is 4.22. The SMILES string of the molecule is COc1ccc(OC)c(Nc2snc(C)c2C(C)=O)c1. The van der Waals surface area contributed by atoms with Gasteiger partial charge in [0.15, 0.2) is 5.78 Å². The zero-order valence-electron chi connectivity index (χ0n) is 11.8. The Morgan fingerprint density at radius 3 is 2.65 bits per heavy atom. The summed E-state index contributed by atoms with van der Waals surface area (Å²) in [6.07, 6.45) is 0. The Morgan fingerprint density at radius 2 is 2.05 bits per heavy atom. The van der Waals surface area contributed by atoms with E-state index < -0.39 is 0 Å². The molecule has 1 N–H and O–H groups in total. The number of Topliss-reactive ketones (excluding diaryl/α,β-unsaturated/α-hetero) is 1. The van der Waals surface area contributed by atoms with Crippen LogP contribution >= 0.6 is 11.5 Å². The first-order valence-corrected chi connectivity index (χ1v) is 6.80. The lowest BCUT2D eigenvalue weighted by atomic mass is 10.2. The fourth-order valence-electron chi connectivity index (χ4n) is 1.90. The van der Waals surface area contributed by atoms with E-state index in [1.54, 1.807) is 14.2 Å². The number of benzene rings is 1. The number of methoxy groups -OCH3 is 2. The Bertz CT molecular complexity index is 637. The fraction of sp³-hybridized carbons (Fsp3) is 0.286. The minimum absolute atomic E-state index is 0.0133. The minimum atomic E-state index is -0.0133. The topological polar surface area (TPSA) is 60.5 Å². The van der Waals surface area contributed by atoms with Crippen molar-refractivity contribution in [1.29, 1.82) is 0 Å². The molecule has 1 heterocycles. The summed E-state index contributed by atoms with van der Waals surface area (Å²) in [5.74, 6) is 1.37. The van der Waals surface area contributed by atoms with Crippen molar-refractivity contribution in [2.24, 2.45) is 0 Å². The smallest absolute Gasteiger partial charge is 0.164 e. The number of hydrogen-bond acceptors (Lipinski definition) is 6. The molecule has 2 rings (SSSR count). The molecule has 0 aliphatic heterocycles. The molecule has 1 aromatic heterocycles. The highest BCUT2D eigenvalue weighted by atomic mass is 32.1. The maximum Gasteiger partial charge on any atom is 0.164 e. The summed E-state index contributed by atoms with van der Waals surface area (Å²) < 4.78 is 14.7. The summed E-state index contributed by atoms with van der Waals surface area (Å²) in [7, 11) is 3.19. The molecule has 0 saturated carbocycles. The number of hydrogen-bond donors (Lipinski definition) is 1. The molecule has 0 unspecified atom stereocenters. The molecule has 0 aliphatic rings. The quantitative estimate of drug-likeness (QED) is 0.856. The largest absolute Gasteiger partial charge is 0.497 e. The van der Waals surface area contributed by atoms with Gasteiger partial charge in [-0.25, -0.2) is 0 Å². The molecule has 20 heavy (non-hydrogen) atoms. The maximum absolute atomic E-state index is 11.7. The number of carbonyl (C=O) groups excluding carboxylic acids is 1. The van der Waals surface area contributed by atoms with Crippen LogP contribution in [0, 0.1) is 6.92 Å². The zero-order valence-corrected chi connectivity index (χ0v) is 12.6. The van der Waals surface area contributed by atoms with Crippen molar-refractivity contribution in [3.63, 3.8) is 0 Å². The first-order valence-electron chi connectivity index (χ1n) is 6.03. The molecule has 0 aliphatic carbocycles. The molecule has 5 nitrogen and oxygen atoms in total. The first-order chi connectivity index (χ1) is 9.56. The second-order valence-corrected chi connectivity index (χ2v) is 4.99. The third-order valence-corrected chi connectivity index (χ3v) is 3.72. The molecule has 0 fully saturated rings. The molecule has 0 spiro atoms. The predicted molar refractivity (Wildman–Crippen MR) is 79.7 cm³/mol. The van der Waals surface area contributed by atoms with Gasteiger partial charge >= 0.3 is 0 Å². The van der Waals surface area contributed by atoms with Crippen molar-refractivity contribution >= 4 is 28.0 Å². The van der Waals surface area contributed by atoms with E-state index in [9.17, 15) is 4.79 Å². The molecule has 0 atom stereocenters. The van der Waals surface area contributed by atoms with Gasteiger partial charge in [-0.3, -0.25) is 4.79 Å². The summed E-state index contributed by atoms with van der Waals surface area (Å²) in [5.41, 5.74) is 2.07. The Hall–Kier alpha value is -2.08. The highest BCUT2D eigenvalue weighted by Gasteiger charge is 2.16. The lowest BCUT2D eigenvalue weighted by molar-refractivity contribution is 0.101. The molecule has 0 radical (unpaired) electrons. The molecule has 0 amide bonds. The molecule has 0 bridgehead atoms. The summed E-state index contributed by atoms with van der Waals surface area (Å²) in [5, 5.41) is 3.91. The number of rotatable bonds is 5. The third-order valence-electron chi connectivity index (χ3n) is 2.87. The van der Waals surface area contributed by atoms with Gasteiger partial charge in [0, 0.05) is 6.07 Å². The van der Waals surface area contributed by atoms with E-state index in [0.29, 0.717) is 22.1 Å². The molecular weight excluding hydrogens is 276 g/mol. The number of aryl methyl sites for hydroxylation is 1. The Labute approximate surface area is 121 Å². The highest BCUT2D eigenvalue weighted by Crippen LogP contribution is 2.35. The lowest BCUT2D eigenvalue weighted by Crippen LogP contribution is -2.00. The minimum Gasteiger partial charge on any atom is -0.497 e. The van der Waals surface area contributed by atoms with Crippen molar-refractivity contribution in [2.45, 2.75) is 13.8 Å². The molecule has 0 saturated heterocycles. The van der Waals surface area contributed by atoms with Gasteiger partial charge in [0.25, 0.3) is 0 Å². The van der Waals surface area contributed by atoms with E-state index >= 15 is 0 Å². The van der Waals surface area contributed by atoms with Crippen LogP contribution in [0.4, 0.5) is 10.7 Å². The Kier molecular flexibility index (Phi) is 4.24. The van der Waals surface area contributed by atoms with E-state index in [1.807, 2.05) is 25.1 Å². The van der Waals surface area contributed by atoms with E-state index in [0.717, 1.165) is 11.4 Å². The monoisotopic (exact) mass is 292 g/mol. The number of carbonyl (C=O) groups is 1. The standard InChI is InChI=1S/C14H16N2O3S/c1-8-13(9(2)17)14(20-16-8)15-11-7-10(18-3)5-6-12(11)19-4/h5-7,15H,1-4H3. The number of nitrogens with zero attached hydrogens (tertiary/aromatic N) is 1. The zero-order chi connectivity index (χ0) is 14.7. The third kappa shape index (κ3) is 2.75. The van der Waals surface area contributed by atoms with Gasteiger partial charge < -0.3 is 14.8 Å². The van der Waals surface area contributed by atoms with Crippen LogP contribution in [-0.2, 0) is 0 Å². The van der Waals surface area contributed by atoms with Crippen LogP contribution in [0.15, 0.2) is 18.2 Å². The molecule has 6 heteroatoms. The molecule has 1 aromatic carbocycles. The van der Waals surface area contributed by atoms with Gasteiger partial charge in [-0.15, -0.1) is 0 Å². The van der Waals surface area contributed by atoms with Gasteiger partial charge in [0.05, 0.1) is 31.2 Å². The number of ketones is 1. The second kappa shape index (κ2) is 5.92. The average Bonchev–Trinajstić information content (AvgIpc) is 2.79. The number of anilines is 2. The first kappa shape index (κ1) is 14.3. The summed E-state index contributed by atoms with van der Waals surface area (Å²) in [4.78, 5) is 11.7. The Balaban J connectivity index is 2.41. The number of aromatic nitrogens is 1. The van der Waals surface area contributed by atoms with E-state index in [4.69, 9.17) is 9.47 Å². The van der Waals surface area contributed by atoms with Crippen LogP contribution in [0.5, 0.6) is 11.5 Å². The number of ether oxygens (including phenoxy) is 2. The predicted octanol–water partition coefficient (Wildman–Crippen LogP) is 3.41. The lowest BCUT2D eigenvalue weighted by Gasteiger charge is -2.12. The van der Waals surface area contributed by atoms with Crippen LogP contribution in [0.25, 0.3) is 0 Å².